The van der Waals surface area contributed by atoms with Gasteiger partial charge >= 0.3 is 0 Å². The first-order valence-electron chi connectivity index (χ1n) is 6.64. The predicted octanol–water partition coefficient (Wildman–Crippen LogP) is 2.80. The van der Waals surface area contributed by atoms with Gasteiger partial charge in [-0.2, -0.15) is 0 Å². The number of alkyl halides is 1. The van der Waals surface area contributed by atoms with Crippen molar-refractivity contribution in [2.75, 3.05) is 12.9 Å². The molecule has 1 saturated carbocycles. The smallest absolute Gasteiger partial charge is 0.175 e. The minimum absolute atomic E-state index is 0.0232. The Balaban J connectivity index is 1.97. The Morgan fingerprint density at radius 1 is 1.30 bits per heavy atom. The molecule has 0 saturated heterocycles. The van der Waals surface area contributed by atoms with E-state index in [9.17, 15) is 8.42 Å². The van der Waals surface area contributed by atoms with Gasteiger partial charge in [-0.25, -0.2) is 8.42 Å². The van der Waals surface area contributed by atoms with Crippen molar-refractivity contribution in [3.63, 3.8) is 0 Å². The maximum Gasteiger partial charge on any atom is 0.175 e. The zero-order valence-electron chi connectivity index (χ0n) is 11.6. The van der Waals surface area contributed by atoms with E-state index in [-0.39, 0.29) is 12.2 Å². The van der Waals surface area contributed by atoms with Gasteiger partial charge in [0, 0.05) is 24.1 Å². The third kappa shape index (κ3) is 3.74. The summed E-state index contributed by atoms with van der Waals surface area (Å²) in [5, 5.41) is 0. The quantitative estimate of drug-likeness (QED) is 0.730. The first-order valence-corrected chi connectivity index (χ1v) is 9.45. The highest BCUT2D eigenvalue weighted by atomic mass is 79.9. The Labute approximate surface area is 128 Å². The highest BCUT2D eigenvalue weighted by Crippen LogP contribution is 2.34. The third-order valence-electron chi connectivity index (χ3n) is 3.23. The van der Waals surface area contributed by atoms with Gasteiger partial charge in [-0.05, 0) is 30.7 Å². The van der Waals surface area contributed by atoms with E-state index in [1.165, 1.54) is 6.26 Å². The van der Waals surface area contributed by atoms with Crippen molar-refractivity contribution < 1.29 is 17.9 Å². The molecule has 4 nitrogen and oxygen atoms in total. The van der Waals surface area contributed by atoms with Crippen LogP contribution in [0.2, 0.25) is 0 Å². The van der Waals surface area contributed by atoms with Crippen LogP contribution in [0.4, 0.5) is 0 Å². The van der Waals surface area contributed by atoms with Crippen LogP contribution < -0.4 is 4.74 Å². The Kier molecular flexibility index (Phi) is 5.09. The highest BCUT2D eigenvalue weighted by Gasteiger charge is 2.42. The average molecular weight is 363 g/mol. The van der Waals surface area contributed by atoms with Crippen LogP contribution in [0.15, 0.2) is 29.2 Å². The Hall–Kier alpha value is -0.590. The van der Waals surface area contributed by atoms with Gasteiger partial charge in [0.05, 0.1) is 4.90 Å². The molecule has 3 atom stereocenters. The average Bonchev–Trinajstić information content (AvgIpc) is 2.38. The first kappa shape index (κ1) is 15.8. The fraction of sp³-hybridized carbons (Fsp3) is 0.571. The van der Waals surface area contributed by atoms with Gasteiger partial charge in [0.2, 0.25) is 0 Å². The summed E-state index contributed by atoms with van der Waals surface area (Å²) in [7, 11) is -3.16. The molecule has 112 valence electrons. The van der Waals surface area contributed by atoms with Crippen molar-refractivity contribution in [3.05, 3.63) is 24.3 Å². The van der Waals surface area contributed by atoms with Gasteiger partial charge in [-0.15, -0.1) is 0 Å². The molecular weight excluding hydrogens is 344 g/mol. The summed E-state index contributed by atoms with van der Waals surface area (Å²) in [6, 6.07) is 6.51. The zero-order valence-corrected chi connectivity index (χ0v) is 14.0. The van der Waals surface area contributed by atoms with Crippen LogP contribution >= 0.6 is 15.9 Å². The van der Waals surface area contributed by atoms with Crippen LogP contribution in [-0.2, 0) is 14.6 Å². The molecule has 0 aliphatic heterocycles. The molecule has 0 spiro atoms. The molecule has 0 aromatic heterocycles. The molecule has 0 bridgehead atoms. The molecule has 3 unspecified atom stereocenters. The minimum atomic E-state index is -3.16. The van der Waals surface area contributed by atoms with E-state index in [1.807, 2.05) is 0 Å². The topological polar surface area (TPSA) is 52.6 Å². The van der Waals surface area contributed by atoms with Crippen molar-refractivity contribution in [1.29, 1.82) is 0 Å². The lowest BCUT2D eigenvalue weighted by Gasteiger charge is -2.40. The van der Waals surface area contributed by atoms with E-state index in [4.69, 9.17) is 9.47 Å². The van der Waals surface area contributed by atoms with Crippen LogP contribution in [-0.4, -0.2) is 38.3 Å². The number of sulfone groups is 1. The lowest BCUT2D eigenvalue weighted by atomic mass is 9.91. The van der Waals surface area contributed by atoms with E-state index >= 15 is 0 Å². The van der Waals surface area contributed by atoms with Crippen LogP contribution in [0.25, 0.3) is 0 Å². The van der Waals surface area contributed by atoms with Crippen LogP contribution in [0.5, 0.6) is 5.75 Å². The normalized spacial score (nSPS) is 26.1. The van der Waals surface area contributed by atoms with Gasteiger partial charge in [0.15, 0.2) is 9.84 Å². The summed E-state index contributed by atoms with van der Waals surface area (Å²) < 4.78 is 34.3. The van der Waals surface area contributed by atoms with E-state index in [2.05, 4.69) is 22.9 Å². The summed E-state index contributed by atoms with van der Waals surface area (Å²) in [6.45, 7) is 2.79. The molecule has 0 N–H and O–H groups in total. The maximum atomic E-state index is 11.4. The molecule has 0 radical (unpaired) electrons. The second-order valence-electron chi connectivity index (χ2n) is 4.99. The molecule has 0 heterocycles. The molecule has 1 aromatic rings. The molecule has 1 aromatic carbocycles. The zero-order chi connectivity index (χ0) is 14.8. The molecule has 20 heavy (non-hydrogen) atoms. The van der Waals surface area contributed by atoms with Gasteiger partial charge in [-0.1, -0.05) is 22.9 Å². The molecule has 1 fully saturated rings. The number of halogens is 1. The second-order valence-corrected chi connectivity index (χ2v) is 8.18. The summed E-state index contributed by atoms with van der Waals surface area (Å²) in [5.41, 5.74) is 0. The van der Waals surface area contributed by atoms with E-state index < -0.39 is 9.84 Å². The maximum absolute atomic E-state index is 11.4. The summed E-state index contributed by atoms with van der Waals surface area (Å²) in [5.74, 6) is 0.673. The van der Waals surface area contributed by atoms with Crippen LogP contribution in [0.1, 0.15) is 19.8 Å². The molecule has 6 heteroatoms. The molecule has 1 aliphatic rings. The number of ether oxygens (including phenoxy) is 2. The Morgan fingerprint density at radius 3 is 2.45 bits per heavy atom. The van der Waals surface area contributed by atoms with Gasteiger partial charge in [0.1, 0.15) is 18.0 Å². The van der Waals surface area contributed by atoms with Crippen molar-refractivity contribution >= 4 is 25.8 Å². The third-order valence-corrected chi connectivity index (χ3v) is 5.26. The SMILES string of the molecule is CCCOC1C(Br)CC1Oc1ccc(S(C)(=O)=O)cc1. The van der Waals surface area contributed by atoms with Crippen molar-refractivity contribution in [1.82, 2.24) is 0 Å². The fourth-order valence-electron chi connectivity index (χ4n) is 2.05. The van der Waals surface area contributed by atoms with Gasteiger partial charge in [-0.3, -0.25) is 0 Å². The van der Waals surface area contributed by atoms with Gasteiger partial charge < -0.3 is 9.47 Å². The predicted molar refractivity (Wildman–Crippen MR) is 81.3 cm³/mol. The van der Waals surface area contributed by atoms with Crippen molar-refractivity contribution in [3.8, 4) is 5.75 Å². The fourth-order valence-corrected chi connectivity index (χ4v) is 3.54. The summed E-state index contributed by atoms with van der Waals surface area (Å²) >= 11 is 3.56. The van der Waals surface area contributed by atoms with Crippen LogP contribution in [0.3, 0.4) is 0 Å². The molecule has 2 rings (SSSR count). The lowest BCUT2D eigenvalue weighted by Crippen LogP contribution is -2.52. The number of benzene rings is 1. The first-order chi connectivity index (χ1) is 9.41. The van der Waals surface area contributed by atoms with E-state index in [0.29, 0.717) is 15.5 Å². The number of hydrogen-bond acceptors (Lipinski definition) is 4. The monoisotopic (exact) mass is 362 g/mol. The molecule has 0 amide bonds. The Morgan fingerprint density at radius 2 is 1.95 bits per heavy atom. The second kappa shape index (κ2) is 6.45. The highest BCUT2D eigenvalue weighted by molar-refractivity contribution is 9.09. The van der Waals surface area contributed by atoms with Crippen LogP contribution in [0, 0.1) is 0 Å². The van der Waals surface area contributed by atoms with Crippen molar-refractivity contribution in [2.45, 2.75) is 41.7 Å². The molecule has 1 aliphatic carbocycles. The number of hydrogen-bond donors (Lipinski definition) is 0. The Bertz CT molecular complexity index is 541. The molecular formula is C14H19BrO4S. The lowest BCUT2D eigenvalue weighted by molar-refractivity contribution is -0.0762. The minimum Gasteiger partial charge on any atom is -0.488 e. The standard InChI is InChI=1S/C14H19BrO4S/c1-3-8-18-14-12(15)9-13(14)19-10-4-6-11(7-5-10)20(2,16)17/h4-7,12-14H,3,8-9H2,1-2H3. The van der Waals surface area contributed by atoms with Crippen molar-refractivity contribution in [2.24, 2.45) is 0 Å². The van der Waals surface area contributed by atoms with Gasteiger partial charge in [0.25, 0.3) is 0 Å². The summed E-state index contributed by atoms with van der Waals surface area (Å²) in [6.07, 6.45) is 3.15. The van der Waals surface area contributed by atoms with E-state index in [1.54, 1.807) is 24.3 Å². The van der Waals surface area contributed by atoms with E-state index in [0.717, 1.165) is 19.4 Å². The summed E-state index contributed by atoms with van der Waals surface area (Å²) in [4.78, 5) is 0.630. The largest absolute Gasteiger partial charge is 0.488 e. The number of rotatable bonds is 6.